The zero-order valence-electron chi connectivity index (χ0n) is 8.64. The van der Waals surface area contributed by atoms with Crippen LogP contribution in [0.4, 0.5) is 0 Å². The van der Waals surface area contributed by atoms with Crippen LogP contribution in [0.15, 0.2) is 24.5 Å². The van der Waals surface area contributed by atoms with Crippen molar-refractivity contribution in [1.82, 2.24) is 4.98 Å². The molecule has 0 spiro atoms. The number of rotatable bonds is 3. The second-order valence-electron chi connectivity index (χ2n) is 3.80. The monoisotopic (exact) mass is 206 g/mol. The van der Waals surface area contributed by atoms with Crippen LogP contribution in [0, 0.1) is 0 Å². The summed E-state index contributed by atoms with van der Waals surface area (Å²) in [5, 5.41) is 0. The van der Waals surface area contributed by atoms with Gasteiger partial charge in [-0.3, -0.25) is 9.78 Å². The number of aromatic nitrogens is 1. The Labute approximate surface area is 88.4 Å². The Morgan fingerprint density at radius 3 is 2.93 bits per heavy atom. The molecular weight excluding hydrogens is 192 g/mol. The number of nitrogens with zero attached hydrogens (tertiary/aromatic N) is 1. The Bertz CT molecular complexity index is 366. The van der Waals surface area contributed by atoms with Gasteiger partial charge in [-0.05, 0) is 31.0 Å². The SMILES string of the molecule is CCOC(=O)C1(N)CC1c1ccncc1. The van der Waals surface area contributed by atoms with Crippen molar-refractivity contribution in [1.29, 1.82) is 0 Å². The van der Waals surface area contributed by atoms with Crippen LogP contribution in [-0.2, 0) is 9.53 Å². The maximum atomic E-state index is 11.5. The van der Waals surface area contributed by atoms with Gasteiger partial charge in [-0.2, -0.15) is 0 Å². The fourth-order valence-corrected chi connectivity index (χ4v) is 1.78. The van der Waals surface area contributed by atoms with E-state index in [1.807, 2.05) is 12.1 Å². The molecule has 1 aliphatic carbocycles. The fourth-order valence-electron chi connectivity index (χ4n) is 1.78. The second kappa shape index (κ2) is 3.62. The van der Waals surface area contributed by atoms with E-state index in [0.29, 0.717) is 13.0 Å². The first-order valence-corrected chi connectivity index (χ1v) is 5.04. The molecule has 1 heterocycles. The normalized spacial score (nSPS) is 28.5. The number of ether oxygens (including phenoxy) is 1. The van der Waals surface area contributed by atoms with Crippen molar-refractivity contribution in [2.24, 2.45) is 5.73 Å². The zero-order chi connectivity index (χ0) is 10.9. The zero-order valence-corrected chi connectivity index (χ0v) is 8.64. The molecule has 4 nitrogen and oxygen atoms in total. The van der Waals surface area contributed by atoms with Gasteiger partial charge >= 0.3 is 5.97 Å². The van der Waals surface area contributed by atoms with Crippen LogP contribution < -0.4 is 5.73 Å². The van der Waals surface area contributed by atoms with Crippen molar-refractivity contribution in [3.8, 4) is 0 Å². The summed E-state index contributed by atoms with van der Waals surface area (Å²) in [6, 6.07) is 3.77. The van der Waals surface area contributed by atoms with E-state index >= 15 is 0 Å². The van der Waals surface area contributed by atoms with Gasteiger partial charge < -0.3 is 10.5 Å². The van der Waals surface area contributed by atoms with Crippen molar-refractivity contribution < 1.29 is 9.53 Å². The first kappa shape index (κ1) is 10.1. The Balaban J connectivity index is 2.09. The van der Waals surface area contributed by atoms with E-state index in [2.05, 4.69) is 4.98 Å². The largest absolute Gasteiger partial charge is 0.465 e. The van der Waals surface area contributed by atoms with Gasteiger partial charge in [0.2, 0.25) is 0 Å². The highest BCUT2D eigenvalue weighted by atomic mass is 16.5. The lowest BCUT2D eigenvalue weighted by Gasteiger charge is -2.09. The maximum absolute atomic E-state index is 11.5. The summed E-state index contributed by atoms with van der Waals surface area (Å²) >= 11 is 0. The molecule has 0 aromatic carbocycles. The molecule has 2 unspecified atom stereocenters. The summed E-state index contributed by atoms with van der Waals surface area (Å²) in [7, 11) is 0. The topological polar surface area (TPSA) is 65.2 Å². The highest BCUT2D eigenvalue weighted by Crippen LogP contribution is 2.49. The lowest BCUT2D eigenvalue weighted by molar-refractivity contribution is -0.145. The molecule has 1 fully saturated rings. The van der Waals surface area contributed by atoms with E-state index in [1.54, 1.807) is 19.3 Å². The molecule has 0 amide bonds. The van der Waals surface area contributed by atoms with Crippen molar-refractivity contribution >= 4 is 5.97 Å². The molecular formula is C11H14N2O2. The van der Waals surface area contributed by atoms with Crippen LogP contribution in [0.3, 0.4) is 0 Å². The number of carbonyl (C=O) groups excluding carboxylic acids is 1. The second-order valence-corrected chi connectivity index (χ2v) is 3.80. The molecule has 2 atom stereocenters. The predicted molar refractivity (Wildman–Crippen MR) is 55.1 cm³/mol. The number of pyridine rings is 1. The summed E-state index contributed by atoms with van der Waals surface area (Å²) in [5.74, 6) is -0.216. The summed E-state index contributed by atoms with van der Waals surface area (Å²) < 4.78 is 4.94. The average molecular weight is 206 g/mol. The van der Waals surface area contributed by atoms with Gasteiger partial charge in [-0.15, -0.1) is 0 Å². The summed E-state index contributed by atoms with van der Waals surface area (Å²) in [6.45, 7) is 2.16. The minimum Gasteiger partial charge on any atom is -0.465 e. The number of esters is 1. The number of hydrogen-bond acceptors (Lipinski definition) is 4. The molecule has 0 radical (unpaired) electrons. The molecule has 4 heteroatoms. The number of carbonyl (C=O) groups is 1. The van der Waals surface area contributed by atoms with E-state index in [9.17, 15) is 4.79 Å². The van der Waals surface area contributed by atoms with Crippen molar-refractivity contribution in [3.63, 3.8) is 0 Å². The third-order valence-electron chi connectivity index (χ3n) is 2.77. The first-order valence-electron chi connectivity index (χ1n) is 5.04. The van der Waals surface area contributed by atoms with Crippen molar-refractivity contribution in [2.75, 3.05) is 6.61 Å². The van der Waals surface area contributed by atoms with Crippen LogP contribution in [0.25, 0.3) is 0 Å². The van der Waals surface area contributed by atoms with Gasteiger partial charge in [0.15, 0.2) is 0 Å². The maximum Gasteiger partial charge on any atom is 0.326 e. The van der Waals surface area contributed by atoms with Gasteiger partial charge in [-0.1, -0.05) is 0 Å². The van der Waals surface area contributed by atoms with E-state index in [4.69, 9.17) is 10.5 Å². The molecule has 2 N–H and O–H groups in total. The van der Waals surface area contributed by atoms with E-state index in [0.717, 1.165) is 5.56 Å². The summed E-state index contributed by atoms with van der Waals surface area (Å²) in [4.78, 5) is 15.5. The molecule has 1 saturated carbocycles. The molecule has 15 heavy (non-hydrogen) atoms. The minimum absolute atomic E-state index is 0.0829. The standard InChI is InChI=1S/C11H14N2O2/c1-2-15-10(14)11(12)7-9(11)8-3-5-13-6-4-8/h3-6,9H,2,7,12H2,1H3. The molecule has 0 bridgehead atoms. The molecule has 0 aliphatic heterocycles. The third kappa shape index (κ3) is 1.72. The van der Waals surface area contributed by atoms with Gasteiger partial charge in [0, 0.05) is 18.3 Å². The lowest BCUT2D eigenvalue weighted by Crippen LogP contribution is -2.36. The molecule has 1 aliphatic rings. The van der Waals surface area contributed by atoms with E-state index in [-0.39, 0.29) is 11.9 Å². The number of hydrogen-bond donors (Lipinski definition) is 1. The smallest absolute Gasteiger partial charge is 0.326 e. The molecule has 1 aromatic heterocycles. The van der Waals surface area contributed by atoms with Crippen molar-refractivity contribution in [3.05, 3.63) is 30.1 Å². The molecule has 80 valence electrons. The van der Waals surface area contributed by atoms with Gasteiger partial charge in [0.1, 0.15) is 5.54 Å². The van der Waals surface area contributed by atoms with E-state index < -0.39 is 5.54 Å². The predicted octanol–water partition coefficient (Wildman–Crippen LogP) is 0.829. The van der Waals surface area contributed by atoms with Crippen LogP contribution >= 0.6 is 0 Å². The van der Waals surface area contributed by atoms with Crippen molar-refractivity contribution in [2.45, 2.75) is 24.8 Å². The average Bonchev–Trinajstić information content (AvgIpc) is 2.94. The van der Waals surface area contributed by atoms with Gasteiger partial charge in [-0.25, -0.2) is 0 Å². The summed E-state index contributed by atoms with van der Waals surface area (Å²) in [6.07, 6.45) is 4.08. The molecule has 1 aromatic rings. The highest BCUT2D eigenvalue weighted by molar-refractivity contribution is 5.86. The Kier molecular flexibility index (Phi) is 2.44. The molecule has 0 saturated heterocycles. The first-order chi connectivity index (χ1) is 7.18. The Morgan fingerprint density at radius 2 is 2.33 bits per heavy atom. The Morgan fingerprint density at radius 1 is 1.67 bits per heavy atom. The van der Waals surface area contributed by atoms with Crippen LogP contribution in [0.2, 0.25) is 0 Å². The van der Waals surface area contributed by atoms with Crippen LogP contribution in [0.1, 0.15) is 24.8 Å². The minimum atomic E-state index is -0.808. The Hall–Kier alpha value is -1.42. The van der Waals surface area contributed by atoms with Crippen LogP contribution in [-0.4, -0.2) is 23.1 Å². The summed E-state index contributed by atoms with van der Waals surface area (Å²) in [5.41, 5.74) is 6.21. The molecule has 2 rings (SSSR count). The highest BCUT2D eigenvalue weighted by Gasteiger charge is 2.58. The van der Waals surface area contributed by atoms with E-state index in [1.165, 1.54) is 0 Å². The fraction of sp³-hybridized carbons (Fsp3) is 0.455. The van der Waals surface area contributed by atoms with Gasteiger partial charge in [0.25, 0.3) is 0 Å². The lowest BCUT2D eigenvalue weighted by atomic mass is 10.1. The quantitative estimate of drug-likeness (QED) is 0.744. The van der Waals surface area contributed by atoms with Crippen LogP contribution in [0.5, 0.6) is 0 Å². The van der Waals surface area contributed by atoms with Gasteiger partial charge in [0.05, 0.1) is 6.61 Å². The number of nitrogens with two attached hydrogens (primary N) is 1. The third-order valence-corrected chi connectivity index (χ3v) is 2.77.